The molecule has 2 saturated carbocycles. The number of ether oxygens (including phenoxy) is 1. The van der Waals surface area contributed by atoms with E-state index in [9.17, 15) is 0 Å². The molecule has 0 bridgehead atoms. The van der Waals surface area contributed by atoms with Crippen molar-refractivity contribution in [1.82, 2.24) is 5.32 Å². The van der Waals surface area contributed by atoms with Gasteiger partial charge in [0.2, 0.25) is 0 Å². The molecule has 2 fully saturated rings. The first-order valence-corrected chi connectivity index (χ1v) is 6.98. The van der Waals surface area contributed by atoms with Gasteiger partial charge in [-0.15, -0.1) is 0 Å². The first-order valence-electron chi connectivity index (χ1n) is 6.98. The van der Waals surface area contributed by atoms with Crippen molar-refractivity contribution in [3.63, 3.8) is 0 Å². The molecule has 1 heterocycles. The number of rotatable bonds is 4. The molecule has 0 saturated heterocycles. The summed E-state index contributed by atoms with van der Waals surface area (Å²) in [6, 6.07) is 0.528. The molecular formula is C14H23NO. The van der Waals surface area contributed by atoms with Crippen molar-refractivity contribution in [2.75, 3.05) is 13.2 Å². The van der Waals surface area contributed by atoms with E-state index in [1.54, 1.807) is 0 Å². The molecule has 0 amide bonds. The number of likely N-dealkylation sites (N-methyl/N-ethyl adjacent to an activating group) is 1. The highest BCUT2D eigenvalue weighted by Gasteiger charge is 2.56. The fraction of sp³-hybridized carbons (Fsp3) is 0.857. The molecule has 90 valence electrons. The number of fused-ring (bicyclic) bond motifs is 1. The van der Waals surface area contributed by atoms with E-state index < -0.39 is 0 Å². The van der Waals surface area contributed by atoms with Crippen LogP contribution in [0.3, 0.4) is 0 Å². The summed E-state index contributed by atoms with van der Waals surface area (Å²) in [5.74, 6) is 4.16. The molecule has 2 heteroatoms. The Morgan fingerprint density at radius 1 is 1.38 bits per heavy atom. The van der Waals surface area contributed by atoms with E-state index in [2.05, 4.69) is 18.3 Å². The van der Waals surface area contributed by atoms with Gasteiger partial charge < -0.3 is 10.1 Å². The zero-order valence-electron chi connectivity index (χ0n) is 10.2. The van der Waals surface area contributed by atoms with E-state index in [1.807, 2.05) is 0 Å². The third kappa shape index (κ3) is 1.77. The minimum atomic E-state index is 0.528. The lowest BCUT2D eigenvalue weighted by Gasteiger charge is -2.25. The Balaban J connectivity index is 1.69. The minimum absolute atomic E-state index is 0.528. The summed E-state index contributed by atoms with van der Waals surface area (Å²) in [6.45, 7) is 4.19. The van der Waals surface area contributed by atoms with Crippen LogP contribution in [0.15, 0.2) is 11.8 Å². The molecule has 0 aromatic rings. The monoisotopic (exact) mass is 221 g/mol. The maximum absolute atomic E-state index is 5.86. The lowest BCUT2D eigenvalue weighted by molar-refractivity contribution is 0.158. The number of hydrogen-bond acceptors (Lipinski definition) is 2. The average Bonchev–Trinajstić information content (AvgIpc) is 2.80. The zero-order valence-corrected chi connectivity index (χ0v) is 10.2. The van der Waals surface area contributed by atoms with E-state index in [1.165, 1.54) is 37.9 Å². The molecule has 3 unspecified atom stereocenters. The van der Waals surface area contributed by atoms with E-state index >= 15 is 0 Å². The topological polar surface area (TPSA) is 21.3 Å². The summed E-state index contributed by atoms with van der Waals surface area (Å²) in [4.78, 5) is 0. The Morgan fingerprint density at radius 2 is 2.19 bits per heavy atom. The van der Waals surface area contributed by atoms with Crippen LogP contribution in [0.2, 0.25) is 0 Å². The van der Waals surface area contributed by atoms with Gasteiger partial charge in [0.15, 0.2) is 0 Å². The van der Waals surface area contributed by atoms with Gasteiger partial charge in [-0.1, -0.05) is 13.3 Å². The highest BCUT2D eigenvalue weighted by Crippen LogP contribution is 2.60. The number of hydrogen-bond donors (Lipinski definition) is 1. The van der Waals surface area contributed by atoms with Crippen LogP contribution < -0.4 is 5.32 Å². The summed E-state index contributed by atoms with van der Waals surface area (Å²) >= 11 is 0. The van der Waals surface area contributed by atoms with Crippen molar-refractivity contribution in [2.45, 2.75) is 45.1 Å². The van der Waals surface area contributed by atoms with Gasteiger partial charge in [-0.3, -0.25) is 0 Å². The predicted octanol–water partition coefficient (Wildman–Crippen LogP) is 2.70. The van der Waals surface area contributed by atoms with Crippen molar-refractivity contribution in [3.8, 4) is 0 Å². The van der Waals surface area contributed by atoms with Gasteiger partial charge in [0.1, 0.15) is 5.76 Å². The van der Waals surface area contributed by atoms with E-state index in [0.29, 0.717) is 6.04 Å². The van der Waals surface area contributed by atoms with Crippen molar-refractivity contribution < 1.29 is 4.74 Å². The maximum atomic E-state index is 5.86. The molecule has 0 aromatic carbocycles. The number of allylic oxidation sites excluding steroid dienone is 1. The Bertz CT molecular complexity index is 276. The van der Waals surface area contributed by atoms with Gasteiger partial charge >= 0.3 is 0 Å². The van der Waals surface area contributed by atoms with Gasteiger partial charge in [-0.05, 0) is 56.1 Å². The van der Waals surface area contributed by atoms with Crippen LogP contribution in [0.5, 0.6) is 0 Å². The summed E-state index contributed by atoms with van der Waals surface area (Å²) in [6.07, 6.45) is 9.11. The molecule has 0 aromatic heterocycles. The fourth-order valence-electron chi connectivity index (χ4n) is 3.81. The first kappa shape index (κ1) is 10.6. The van der Waals surface area contributed by atoms with Crippen molar-refractivity contribution in [1.29, 1.82) is 0 Å². The van der Waals surface area contributed by atoms with Crippen molar-refractivity contribution >= 4 is 0 Å². The SMILES string of the molecule is CCNC(C1=CCCCO1)C1C2CCCC21. The minimum Gasteiger partial charge on any atom is -0.497 e. The van der Waals surface area contributed by atoms with Gasteiger partial charge in [-0.2, -0.15) is 0 Å². The van der Waals surface area contributed by atoms with Crippen LogP contribution in [-0.4, -0.2) is 19.2 Å². The van der Waals surface area contributed by atoms with E-state index in [4.69, 9.17) is 4.74 Å². The normalized spacial score (nSPS) is 38.6. The Hall–Kier alpha value is -0.500. The quantitative estimate of drug-likeness (QED) is 0.788. The molecule has 16 heavy (non-hydrogen) atoms. The Morgan fingerprint density at radius 3 is 2.81 bits per heavy atom. The van der Waals surface area contributed by atoms with Gasteiger partial charge in [-0.25, -0.2) is 0 Å². The molecule has 3 atom stereocenters. The molecule has 1 N–H and O–H groups in total. The summed E-state index contributed by atoms with van der Waals surface area (Å²) < 4.78 is 5.86. The first-order chi connectivity index (χ1) is 7.92. The molecule has 2 nitrogen and oxygen atoms in total. The van der Waals surface area contributed by atoms with Crippen LogP contribution in [-0.2, 0) is 4.74 Å². The second kappa shape index (κ2) is 4.40. The smallest absolute Gasteiger partial charge is 0.109 e. The van der Waals surface area contributed by atoms with Gasteiger partial charge in [0, 0.05) is 0 Å². The second-order valence-corrected chi connectivity index (χ2v) is 5.47. The third-order valence-electron chi connectivity index (χ3n) is 4.55. The largest absolute Gasteiger partial charge is 0.497 e. The predicted molar refractivity (Wildman–Crippen MR) is 65.1 cm³/mol. The van der Waals surface area contributed by atoms with Crippen LogP contribution >= 0.6 is 0 Å². The summed E-state index contributed by atoms with van der Waals surface area (Å²) in [7, 11) is 0. The van der Waals surface area contributed by atoms with Crippen molar-refractivity contribution in [3.05, 3.63) is 11.8 Å². The lowest BCUT2D eigenvalue weighted by atomic mass is 10.0. The van der Waals surface area contributed by atoms with E-state index in [-0.39, 0.29) is 0 Å². The maximum Gasteiger partial charge on any atom is 0.109 e. The molecule has 0 radical (unpaired) electrons. The highest BCUT2D eigenvalue weighted by molar-refractivity contribution is 5.17. The van der Waals surface area contributed by atoms with E-state index in [0.717, 1.165) is 30.9 Å². The highest BCUT2D eigenvalue weighted by atomic mass is 16.5. The van der Waals surface area contributed by atoms with Gasteiger partial charge in [0.25, 0.3) is 0 Å². The van der Waals surface area contributed by atoms with Crippen LogP contribution in [0.25, 0.3) is 0 Å². The van der Waals surface area contributed by atoms with Crippen molar-refractivity contribution in [2.24, 2.45) is 17.8 Å². The molecule has 3 aliphatic rings. The molecule has 2 aliphatic carbocycles. The Kier molecular flexibility index (Phi) is 2.93. The third-order valence-corrected chi connectivity index (χ3v) is 4.55. The van der Waals surface area contributed by atoms with Gasteiger partial charge in [0.05, 0.1) is 12.6 Å². The van der Waals surface area contributed by atoms with Crippen LogP contribution in [0.4, 0.5) is 0 Å². The zero-order chi connectivity index (χ0) is 11.0. The summed E-state index contributed by atoms with van der Waals surface area (Å²) in [5, 5.41) is 3.65. The van der Waals surface area contributed by atoms with Crippen LogP contribution in [0.1, 0.15) is 39.0 Å². The standard InChI is InChI=1S/C14H23NO/c1-2-15-14(12-8-3-4-9-16-12)13-10-6-5-7-11(10)13/h8,10-11,13-15H,2-7,9H2,1H3. The number of nitrogens with one attached hydrogen (secondary N) is 1. The molecule has 3 rings (SSSR count). The Labute approximate surface area is 98.4 Å². The average molecular weight is 221 g/mol. The molecular weight excluding hydrogens is 198 g/mol. The molecule has 0 spiro atoms. The second-order valence-electron chi connectivity index (χ2n) is 5.47. The van der Waals surface area contributed by atoms with Crippen LogP contribution in [0, 0.1) is 17.8 Å². The fourth-order valence-corrected chi connectivity index (χ4v) is 3.81. The lowest BCUT2D eigenvalue weighted by Crippen LogP contribution is -2.36. The summed E-state index contributed by atoms with van der Waals surface area (Å²) in [5.41, 5.74) is 0. The molecule has 1 aliphatic heterocycles.